The molecule has 1 heterocycles. The van der Waals surface area contributed by atoms with Gasteiger partial charge in [0.2, 0.25) is 5.91 Å². The Morgan fingerprint density at radius 3 is 2.52 bits per heavy atom. The molecule has 0 spiro atoms. The molecule has 142 valence electrons. The second-order valence-electron chi connectivity index (χ2n) is 6.82. The second-order valence-corrected chi connectivity index (χ2v) is 7.26. The maximum atomic E-state index is 13.8. The molecule has 1 aliphatic rings. The SMILES string of the molecule is C/C(=N\NC(=O)C1CCN(Cc2ccccc2F)CC1)c1ccc(Cl)cc1. The van der Waals surface area contributed by atoms with Gasteiger partial charge in [-0.3, -0.25) is 9.69 Å². The van der Waals surface area contributed by atoms with Crippen LogP contribution >= 0.6 is 11.6 Å². The first-order chi connectivity index (χ1) is 13.0. The van der Waals surface area contributed by atoms with Crippen molar-refractivity contribution in [1.82, 2.24) is 10.3 Å². The zero-order valence-electron chi connectivity index (χ0n) is 15.3. The van der Waals surface area contributed by atoms with Gasteiger partial charge in [-0.15, -0.1) is 0 Å². The standard InChI is InChI=1S/C21H23ClFN3O/c1-15(16-6-8-19(22)9-7-16)24-25-21(27)17-10-12-26(13-11-17)14-18-4-2-3-5-20(18)23/h2-9,17H,10-14H2,1H3,(H,25,27)/b24-15+. The van der Waals surface area contributed by atoms with Crippen LogP contribution in [0.5, 0.6) is 0 Å². The van der Waals surface area contributed by atoms with Crippen molar-refractivity contribution in [2.24, 2.45) is 11.0 Å². The third-order valence-corrected chi connectivity index (χ3v) is 5.16. The van der Waals surface area contributed by atoms with E-state index in [-0.39, 0.29) is 17.6 Å². The lowest BCUT2D eigenvalue weighted by atomic mass is 9.96. The van der Waals surface area contributed by atoms with Gasteiger partial charge in [0.1, 0.15) is 5.82 Å². The minimum absolute atomic E-state index is 0.0612. The largest absolute Gasteiger partial charge is 0.299 e. The molecule has 0 atom stereocenters. The highest BCUT2D eigenvalue weighted by atomic mass is 35.5. The van der Waals surface area contributed by atoms with Crippen molar-refractivity contribution in [3.63, 3.8) is 0 Å². The fourth-order valence-electron chi connectivity index (χ4n) is 3.21. The normalized spacial score (nSPS) is 16.3. The van der Waals surface area contributed by atoms with E-state index in [1.165, 1.54) is 6.07 Å². The number of hydrogen-bond donors (Lipinski definition) is 1. The first kappa shape index (κ1) is 19.5. The number of hydrogen-bond acceptors (Lipinski definition) is 3. The first-order valence-corrected chi connectivity index (χ1v) is 9.46. The molecule has 4 nitrogen and oxygen atoms in total. The number of carbonyl (C=O) groups excluding carboxylic acids is 1. The van der Waals surface area contributed by atoms with Crippen LogP contribution in [0.1, 0.15) is 30.9 Å². The number of likely N-dealkylation sites (tertiary alicyclic amines) is 1. The summed E-state index contributed by atoms with van der Waals surface area (Å²) in [4.78, 5) is 14.6. The van der Waals surface area contributed by atoms with Crippen molar-refractivity contribution in [3.8, 4) is 0 Å². The molecule has 1 fully saturated rings. The van der Waals surface area contributed by atoms with Crippen LogP contribution in [0, 0.1) is 11.7 Å². The van der Waals surface area contributed by atoms with Gasteiger partial charge in [0.15, 0.2) is 0 Å². The van der Waals surface area contributed by atoms with Crippen molar-refractivity contribution in [2.45, 2.75) is 26.3 Å². The van der Waals surface area contributed by atoms with E-state index in [9.17, 15) is 9.18 Å². The molecule has 6 heteroatoms. The third-order valence-electron chi connectivity index (χ3n) is 4.91. The van der Waals surface area contributed by atoms with Crippen LogP contribution in [0.15, 0.2) is 53.6 Å². The Morgan fingerprint density at radius 1 is 1.19 bits per heavy atom. The quantitative estimate of drug-likeness (QED) is 0.616. The van der Waals surface area contributed by atoms with Gasteiger partial charge in [-0.25, -0.2) is 9.82 Å². The van der Waals surface area contributed by atoms with E-state index in [1.807, 2.05) is 31.2 Å². The van der Waals surface area contributed by atoms with Gasteiger partial charge < -0.3 is 0 Å². The molecule has 1 saturated heterocycles. The fourth-order valence-corrected chi connectivity index (χ4v) is 3.33. The number of piperidine rings is 1. The van der Waals surface area contributed by atoms with Crippen LogP contribution in [0.4, 0.5) is 4.39 Å². The number of amides is 1. The third kappa shape index (κ3) is 5.37. The maximum absolute atomic E-state index is 13.8. The molecule has 0 aromatic heterocycles. The van der Waals surface area contributed by atoms with Crippen molar-refractivity contribution < 1.29 is 9.18 Å². The summed E-state index contributed by atoms with van der Waals surface area (Å²) < 4.78 is 13.8. The lowest BCUT2D eigenvalue weighted by molar-refractivity contribution is -0.126. The Balaban J connectivity index is 1.49. The number of carbonyl (C=O) groups is 1. The molecule has 0 radical (unpaired) electrons. The lowest BCUT2D eigenvalue weighted by Crippen LogP contribution is -2.39. The van der Waals surface area contributed by atoms with Crippen LogP contribution in [0.25, 0.3) is 0 Å². The number of nitrogens with zero attached hydrogens (tertiary/aromatic N) is 2. The molecular weight excluding hydrogens is 365 g/mol. The van der Waals surface area contributed by atoms with E-state index in [2.05, 4.69) is 15.4 Å². The predicted octanol–water partition coefficient (Wildman–Crippen LogP) is 4.23. The number of rotatable bonds is 5. The smallest absolute Gasteiger partial charge is 0.243 e. The molecule has 27 heavy (non-hydrogen) atoms. The van der Waals surface area contributed by atoms with Crippen molar-refractivity contribution >= 4 is 23.2 Å². The van der Waals surface area contributed by atoms with Gasteiger partial charge in [0.25, 0.3) is 0 Å². The van der Waals surface area contributed by atoms with Gasteiger partial charge in [0, 0.05) is 23.0 Å². The fraction of sp³-hybridized carbons (Fsp3) is 0.333. The monoisotopic (exact) mass is 387 g/mol. The average Bonchev–Trinajstić information content (AvgIpc) is 2.69. The Labute approximate surface area is 164 Å². The van der Waals surface area contributed by atoms with E-state index >= 15 is 0 Å². The van der Waals surface area contributed by atoms with E-state index in [0.29, 0.717) is 17.1 Å². The zero-order chi connectivity index (χ0) is 19.2. The number of benzene rings is 2. The van der Waals surface area contributed by atoms with E-state index in [0.717, 1.165) is 37.2 Å². The molecule has 1 N–H and O–H groups in total. The summed E-state index contributed by atoms with van der Waals surface area (Å²) in [5.41, 5.74) is 5.02. The minimum atomic E-state index is -0.177. The summed E-state index contributed by atoms with van der Waals surface area (Å²) in [6, 6.07) is 14.2. The minimum Gasteiger partial charge on any atom is -0.299 e. The van der Waals surface area contributed by atoms with Crippen LogP contribution in [-0.2, 0) is 11.3 Å². The van der Waals surface area contributed by atoms with Gasteiger partial charge >= 0.3 is 0 Å². The maximum Gasteiger partial charge on any atom is 0.243 e. The Morgan fingerprint density at radius 2 is 1.85 bits per heavy atom. The molecular formula is C21H23ClFN3O. The zero-order valence-corrected chi connectivity index (χ0v) is 16.0. The molecule has 1 amide bonds. The highest BCUT2D eigenvalue weighted by Gasteiger charge is 2.25. The number of nitrogens with one attached hydrogen (secondary N) is 1. The van der Waals surface area contributed by atoms with Crippen LogP contribution in [-0.4, -0.2) is 29.6 Å². The van der Waals surface area contributed by atoms with E-state index in [4.69, 9.17) is 11.6 Å². The Bertz CT molecular complexity index is 814. The van der Waals surface area contributed by atoms with Gasteiger partial charge in [-0.1, -0.05) is 41.9 Å². The highest BCUT2D eigenvalue weighted by molar-refractivity contribution is 6.30. The van der Waals surface area contributed by atoms with Gasteiger partial charge in [-0.05, 0) is 56.6 Å². The lowest BCUT2D eigenvalue weighted by Gasteiger charge is -2.31. The molecule has 2 aromatic rings. The molecule has 0 bridgehead atoms. The summed E-state index contributed by atoms with van der Waals surface area (Å²) in [5.74, 6) is -0.304. The summed E-state index contributed by atoms with van der Waals surface area (Å²) in [7, 11) is 0. The van der Waals surface area contributed by atoms with E-state index < -0.39 is 0 Å². The molecule has 3 rings (SSSR count). The van der Waals surface area contributed by atoms with Gasteiger partial charge in [0.05, 0.1) is 5.71 Å². The summed E-state index contributed by atoms with van der Waals surface area (Å²) >= 11 is 5.88. The highest BCUT2D eigenvalue weighted by Crippen LogP contribution is 2.20. The molecule has 1 aliphatic heterocycles. The molecule has 0 saturated carbocycles. The van der Waals surface area contributed by atoms with Crippen LogP contribution in [0.3, 0.4) is 0 Å². The van der Waals surface area contributed by atoms with Gasteiger partial charge in [-0.2, -0.15) is 5.10 Å². The Hall–Kier alpha value is -2.24. The predicted molar refractivity (Wildman–Crippen MR) is 106 cm³/mol. The van der Waals surface area contributed by atoms with Crippen molar-refractivity contribution in [3.05, 3.63) is 70.5 Å². The summed E-state index contributed by atoms with van der Waals surface area (Å²) in [6.07, 6.45) is 1.49. The summed E-state index contributed by atoms with van der Waals surface area (Å²) in [5, 5.41) is 4.87. The molecule has 0 aliphatic carbocycles. The Kier molecular flexibility index (Phi) is 6.58. The average molecular weight is 388 g/mol. The number of halogens is 2. The second kappa shape index (κ2) is 9.11. The molecule has 0 unspecified atom stereocenters. The van der Waals surface area contributed by atoms with Crippen LogP contribution in [0.2, 0.25) is 5.02 Å². The van der Waals surface area contributed by atoms with Crippen molar-refractivity contribution in [2.75, 3.05) is 13.1 Å². The summed E-state index contributed by atoms with van der Waals surface area (Å²) in [6.45, 7) is 3.97. The van der Waals surface area contributed by atoms with E-state index in [1.54, 1.807) is 18.2 Å². The first-order valence-electron chi connectivity index (χ1n) is 9.09. The number of hydrazone groups is 1. The topological polar surface area (TPSA) is 44.7 Å². The van der Waals surface area contributed by atoms with Crippen molar-refractivity contribution in [1.29, 1.82) is 0 Å². The van der Waals surface area contributed by atoms with Crippen LogP contribution < -0.4 is 5.43 Å². The molecule has 2 aromatic carbocycles.